The van der Waals surface area contributed by atoms with Crippen LogP contribution >= 0.6 is 22.7 Å². The predicted octanol–water partition coefficient (Wildman–Crippen LogP) is 4.35. The number of nitriles is 1. The lowest BCUT2D eigenvalue weighted by Crippen LogP contribution is -2.51. The molecule has 0 aliphatic carbocycles. The number of hydrogen-bond acceptors (Lipinski definition) is 9. The van der Waals surface area contributed by atoms with Crippen molar-refractivity contribution < 1.29 is 33.0 Å². The molecule has 40 heavy (non-hydrogen) atoms. The molecule has 0 aliphatic rings. The Bertz CT molecular complexity index is 1310. The molecule has 0 radical (unpaired) electrons. The maximum atomic E-state index is 13.3. The predicted molar refractivity (Wildman–Crippen MR) is 143 cm³/mol. The zero-order valence-electron chi connectivity index (χ0n) is 21.4. The molecule has 14 heteroatoms. The van der Waals surface area contributed by atoms with E-state index in [0.29, 0.717) is 16.1 Å². The van der Waals surface area contributed by atoms with Crippen LogP contribution in [0.4, 0.5) is 13.2 Å². The summed E-state index contributed by atoms with van der Waals surface area (Å²) in [4.78, 5) is 34.7. The van der Waals surface area contributed by atoms with Crippen LogP contribution in [-0.2, 0) is 4.79 Å². The van der Waals surface area contributed by atoms with Crippen molar-refractivity contribution >= 4 is 34.5 Å². The summed E-state index contributed by atoms with van der Waals surface area (Å²) in [7, 11) is 0. The van der Waals surface area contributed by atoms with E-state index in [4.69, 9.17) is 0 Å². The van der Waals surface area contributed by atoms with Crippen LogP contribution in [0.15, 0.2) is 42.0 Å². The van der Waals surface area contributed by atoms with Crippen molar-refractivity contribution in [3.63, 3.8) is 0 Å². The van der Waals surface area contributed by atoms with Gasteiger partial charge in [0.15, 0.2) is 0 Å². The quantitative estimate of drug-likeness (QED) is 0.230. The number of aromatic nitrogens is 2. The molecule has 0 saturated carbocycles. The maximum absolute atomic E-state index is 13.3. The standard InChI is InChI=1S/C26H28F3N5O4S2/c1-15(35)8-9-19(34-23(38)20-14-32-24(40-20)17-6-3-2-5-16(17)13-30)22(37)33-18(7-4-10-26(27,28)29)21(36)25-31-11-12-39-25/h2-3,5-6,11-12,14-15,18-19,21,35-36H,4,7-10H2,1H3,(H,33,37)(H,34,38)/t15?,18-,19-,21?/m0/s1. The largest absolute Gasteiger partial charge is 0.393 e. The highest BCUT2D eigenvalue weighted by atomic mass is 32.1. The Morgan fingerprint density at radius 3 is 2.52 bits per heavy atom. The lowest BCUT2D eigenvalue weighted by Gasteiger charge is -2.26. The van der Waals surface area contributed by atoms with Crippen molar-refractivity contribution in [2.75, 3.05) is 0 Å². The van der Waals surface area contributed by atoms with Crippen LogP contribution in [0.1, 0.15) is 65.4 Å². The van der Waals surface area contributed by atoms with Crippen LogP contribution in [-0.4, -0.2) is 56.4 Å². The molecule has 2 amide bonds. The van der Waals surface area contributed by atoms with Crippen LogP contribution < -0.4 is 10.6 Å². The second-order valence-electron chi connectivity index (χ2n) is 9.08. The number of nitrogens with zero attached hydrogens (tertiary/aromatic N) is 3. The molecule has 214 valence electrons. The number of rotatable bonds is 13. The maximum Gasteiger partial charge on any atom is 0.389 e. The van der Waals surface area contributed by atoms with E-state index in [0.717, 1.165) is 22.7 Å². The number of carbonyl (C=O) groups is 2. The van der Waals surface area contributed by atoms with Crippen LogP contribution in [0.5, 0.6) is 0 Å². The van der Waals surface area contributed by atoms with E-state index in [2.05, 4.69) is 26.7 Å². The van der Waals surface area contributed by atoms with Crippen LogP contribution in [0.3, 0.4) is 0 Å². The van der Waals surface area contributed by atoms with E-state index in [1.165, 1.54) is 19.3 Å². The van der Waals surface area contributed by atoms with Gasteiger partial charge in [-0.3, -0.25) is 9.59 Å². The van der Waals surface area contributed by atoms with Gasteiger partial charge >= 0.3 is 6.18 Å². The van der Waals surface area contributed by atoms with E-state index in [1.807, 2.05) is 0 Å². The Hall–Kier alpha value is -3.38. The molecule has 3 aromatic rings. The minimum atomic E-state index is -4.39. The normalized spacial score (nSPS) is 14.5. The van der Waals surface area contributed by atoms with Gasteiger partial charge in [0.25, 0.3) is 5.91 Å². The number of amides is 2. The van der Waals surface area contributed by atoms with Crippen LogP contribution in [0, 0.1) is 11.3 Å². The van der Waals surface area contributed by atoms with Crippen molar-refractivity contribution in [2.45, 2.75) is 69.5 Å². The number of aliphatic hydroxyl groups excluding tert-OH is 2. The highest BCUT2D eigenvalue weighted by Gasteiger charge is 2.32. The molecule has 9 nitrogen and oxygen atoms in total. The number of alkyl halides is 3. The number of halogens is 3. The molecular formula is C26H28F3N5O4S2. The van der Waals surface area contributed by atoms with Crippen molar-refractivity contribution in [1.29, 1.82) is 5.26 Å². The summed E-state index contributed by atoms with van der Waals surface area (Å²) < 4.78 is 38.3. The third-order valence-corrected chi connectivity index (χ3v) is 7.77. The van der Waals surface area contributed by atoms with Crippen molar-refractivity contribution in [3.8, 4) is 16.6 Å². The Morgan fingerprint density at radius 2 is 1.88 bits per heavy atom. The summed E-state index contributed by atoms with van der Waals surface area (Å²) in [6.45, 7) is 1.52. The van der Waals surface area contributed by atoms with Gasteiger partial charge in [-0.2, -0.15) is 18.4 Å². The van der Waals surface area contributed by atoms with Gasteiger partial charge < -0.3 is 20.8 Å². The molecule has 0 saturated heterocycles. The lowest BCUT2D eigenvalue weighted by molar-refractivity contribution is -0.136. The second kappa shape index (κ2) is 14.3. The zero-order valence-corrected chi connectivity index (χ0v) is 23.0. The molecule has 2 aromatic heterocycles. The summed E-state index contributed by atoms with van der Waals surface area (Å²) >= 11 is 2.12. The Labute approximate surface area is 236 Å². The van der Waals surface area contributed by atoms with Gasteiger partial charge in [-0.05, 0) is 38.7 Å². The number of thiazole rings is 2. The van der Waals surface area contributed by atoms with Crippen LogP contribution in [0.25, 0.3) is 10.6 Å². The van der Waals surface area contributed by atoms with Crippen molar-refractivity contribution in [2.24, 2.45) is 0 Å². The van der Waals surface area contributed by atoms with E-state index in [-0.39, 0.29) is 35.6 Å². The highest BCUT2D eigenvalue weighted by molar-refractivity contribution is 7.17. The molecule has 1 aromatic carbocycles. The molecular weight excluding hydrogens is 567 g/mol. The van der Waals surface area contributed by atoms with Gasteiger partial charge in [0.2, 0.25) is 5.91 Å². The van der Waals surface area contributed by atoms with E-state index in [9.17, 15) is 38.2 Å². The summed E-state index contributed by atoms with van der Waals surface area (Å²) in [5.41, 5.74) is 0.934. The molecule has 4 N–H and O–H groups in total. The number of carbonyl (C=O) groups excluding carboxylic acids is 2. The molecule has 2 unspecified atom stereocenters. The third kappa shape index (κ3) is 9.09. The number of nitrogens with one attached hydrogen (secondary N) is 2. The van der Waals surface area contributed by atoms with Crippen molar-refractivity contribution in [1.82, 2.24) is 20.6 Å². The zero-order chi connectivity index (χ0) is 29.3. The fraction of sp³-hybridized carbons (Fsp3) is 0.423. The highest BCUT2D eigenvalue weighted by Crippen LogP contribution is 2.29. The molecule has 0 fully saturated rings. The lowest BCUT2D eigenvalue weighted by atomic mass is 10.0. The molecule has 2 heterocycles. The number of hydrogen-bond donors (Lipinski definition) is 4. The minimum absolute atomic E-state index is 0.0286. The van der Waals surface area contributed by atoms with Gasteiger partial charge in [-0.1, -0.05) is 18.2 Å². The minimum Gasteiger partial charge on any atom is -0.393 e. The Kier molecular flexibility index (Phi) is 11.1. The SMILES string of the molecule is CC(O)CC[C@H](NC(=O)c1cnc(-c2ccccc2C#N)s1)C(=O)N[C@@H](CCCC(F)(F)F)C(O)c1nccs1. The molecule has 0 aliphatic heterocycles. The first-order valence-electron chi connectivity index (χ1n) is 12.4. The van der Waals surface area contributed by atoms with Gasteiger partial charge in [0, 0.05) is 23.6 Å². The molecule has 0 spiro atoms. The van der Waals surface area contributed by atoms with Crippen molar-refractivity contribution in [3.05, 3.63) is 57.5 Å². The first-order chi connectivity index (χ1) is 19.0. The summed E-state index contributed by atoms with van der Waals surface area (Å²) in [6.07, 6.45) is -5.21. The fourth-order valence-corrected chi connectivity index (χ4v) is 5.39. The van der Waals surface area contributed by atoms with Gasteiger partial charge in [0.1, 0.15) is 27.0 Å². The fourth-order valence-electron chi connectivity index (χ4n) is 3.84. The average Bonchev–Trinajstić information content (AvgIpc) is 3.62. The molecule has 4 atom stereocenters. The number of benzene rings is 1. The Morgan fingerprint density at radius 1 is 1.12 bits per heavy atom. The van der Waals surface area contributed by atoms with E-state index < -0.39 is 48.7 Å². The number of aliphatic hydroxyl groups is 2. The average molecular weight is 596 g/mol. The Balaban J connectivity index is 1.76. The summed E-state index contributed by atoms with van der Waals surface area (Å²) in [5.74, 6) is -1.35. The van der Waals surface area contributed by atoms with Gasteiger partial charge in [-0.25, -0.2) is 9.97 Å². The smallest absolute Gasteiger partial charge is 0.389 e. The van der Waals surface area contributed by atoms with Gasteiger partial charge in [-0.15, -0.1) is 22.7 Å². The monoisotopic (exact) mass is 595 g/mol. The van der Waals surface area contributed by atoms with E-state index in [1.54, 1.807) is 29.6 Å². The van der Waals surface area contributed by atoms with Gasteiger partial charge in [0.05, 0.1) is 30.0 Å². The first kappa shape index (κ1) is 31.2. The third-order valence-electron chi connectivity index (χ3n) is 5.89. The summed E-state index contributed by atoms with van der Waals surface area (Å²) in [6, 6.07) is 6.58. The van der Waals surface area contributed by atoms with Crippen LogP contribution in [0.2, 0.25) is 0 Å². The molecule has 3 rings (SSSR count). The summed E-state index contributed by atoms with van der Waals surface area (Å²) in [5, 5.41) is 37.3. The second-order valence-corrected chi connectivity index (χ2v) is 11.0. The topological polar surface area (TPSA) is 148 Å². The molecule has 0 bridgehead atoms. The van der Waals surface area contributed by atoms with E-state index >= 15 is 0 Å². The first-order valence-corrected chi connectivity index (χ1v) is 14.1.